The van der Waals surface area contributed by atoms with Crippen molar-refractivity contribution in [2.75, 3.05) is 31.1 Å². The number of nitrogens with one attached hydrogen (secondary N) is 1. The Kier molecular flexibility index (Phi) is 4.67. The highest BCUT2D eigenvalue weighted by Crippen LogP contribution is 2.39. The van der Waals surface area contributed by atoms with Crippen LogP contribution in [-0.2, 0) is 11.2 Å². The van der Waals surface area contributed by atoms with E-state index in [9.17, 15) is 4.79 Å². The van der Waals surface area contributed by atoms with Gasteiger partial charge in [0.2, 0.25) is 17.6 Å². The molecule has 2 aromatic heterocycles. The van der Waals surface area contributed by atoms with E-state index >= 15 is 0 Å². The van der Waals surface area contributed by atoms with Gasteiger partial charge in [-0.15, -0.1) is 0 Å². The molecule has 1 aliphatic heterocycles. The van der Waals surface area contributed by atoms with Gasteiger partial charge >= 0.3 is 0 Å². The molecule has 3 heterocycles. The van der Waals surface area contributed by atoms with Gasteiger partial charge in [0, 0.05) is 60.4 Å². The molecule has 7 nitrogen and oxygen atoms in total. The number of hydrogen-bond donors (Lipinski definition) is 1. The Labute approximate surface area is 186 Å². The predicted octanol–water partition coefficient (Wildman–Crippen LogP) is 3.99. The third kappa shape index (κ3) is 3.64. The Bertz CT molecular complexity index is 1250. The number of aromatic nitrogens is 3. The Morgan fingerprint density at radius 1 is 1.03 bits per heavy atom. The molecule has 4 aromatic rings. The van der Waals surface area contributed by atoms with Gasteiger partial charge in [0.05, 0.1) is 6.42 Å². The van der Waals surface area contributed by atoms with Crippen LogP contribution in [0.1, 0.15) is 30.2 Å². The number of fused-ring (bicyclic) bond motifs is 1. The van der Waals surface area contributed by atoms with Crippen molar-refractivity contribution in [2.24, 2.45) is 0 Å². The maximum absolute atomic E-state index is 12.9. The molecule has 1 amide bonds. The summed E-state index contributed by atoms with van der Waals surface area (Å²) in [5.74, 6) is 2.07. The van der Waals surface area contributed by atoms with Crippen LogP contribution in [0.3, 0.4) is 0 Å². The molecular formula is C25H25N5O2. The van der Waals surface area contributed by atoms with Crippen LogP contribution in [0.5, 0.6) is 0 Å². The number of nitrogens with zero attached hydrogens (tertiary/aromatic N) is 4. The zero-order valence-electron chi connectivity index (χ0n) is 17.8. The molecule has 2 fully saturated rings. The van der Waals surface area contributed by atoms with Crippen molar-refractivity contribution in [1.29, 1.82) is 0 Å². The number of aromatic amines is 1. The van der Waals surface area contributed by atoms with Gasteiger partial charge in [-0.3, -0.25) is 4.79 Å². The second-order valence-corrected chi connectivity index (χ2v) is 8.68. The Morgan fingerprint density at radius 2 is 1.81 bits per heavy atom. The second kappa shape index (κ2) is 7.82. The molecule has 2 aromatic carbocycles. The standard InChI is InChI=1S/C25H25N5O2/c31-23(15-19-16-26-22-4-2-1-3-21(19)22)30-13-11-29(12-14-30)20-9-7-17(8-10-20)24-27-25(32-28-24)18-5-6-18/h1-4,7-10,16,18,26H,5-6,11-15H2. The summed E-state index contributed by atoms with van der Waals surface area (Å²) in [5, 5.41) is 5.25. The third-order valence-corrected chi connectivity index (χ3v) is 6.51. The molecule has 1 saturated heterocycles. The van der Waals surface area contributed by atoms with Crippen molar-refractivity contribution >= 4 is 22.5 Å². The van der Waals surface area contributed by atoms with E-state index in [1.807, 2.05) is 41.4 Å². The molecule has 6 rings (SSSR count). The SMILES string of the molecule is O=C(Cc1c[nH]c2ccccc12)N1CCN(c2ccc(-c3noc(C4CC4)n3)cc2)CC1. The number of carbonyl (C=O) groups is 1. The largest absolute Gasteiger partial charge is 0.368 e. The average Bonchev–Trinajstić information content (AvgIpc) is 3.44. The van der Waals surface area contributed by atoms with Crippen molar-refractivity contribution in [3.8, 4) is 11.4 Å². The molecule has 162 valence electrons. The molecule has 0 atom stereocenters. The highest BCUT2D eigenvalue weighted by molar-refractivity contribution is 5.89. The van der Waals surface area contributed by atoms with E-state index < -0.39 is 0 Å². The van der Waals surface area contributed by atoms with E-state index in [2.05, 4.69) is 38.2 Å². The minimum absolute atomic E-state index is 0.188. The Hall–Kier alpha value is -3.61. The minimum Gasteiger partial charge on any atom is -0.368 e. The maximum Gasteiger partial charge on any atom is 0.230 e. The minimum atomic E-state index is 0.188. The molecule has 7 heteroatoms. The van der Waals surface area contributed by atoms with Gasteiger partial charge in [-0.2, -0.15) is 4.98 Å². The van der Waals surface area contributed by atoms with Crippen LogP contribution >= 0.6 is 0 Å². The second-order valence-electron chi connectivity index (χ2n) is 8.68. The van der Waals surface area contributed by atoms with Crippen molar-refractivity contribution < 1.29 is 9.32 Å². The predicted molar refractivity (Wildman–Crippen MR) is 123 cm³/mol. The van der Waals surface area contributed by atoms with Gasteiger partial charge in [-0.1, -0.05) is 23.4 Å². The summed E-state index contributed by atoms with van der Waals surface area (Å²) >= 11 is 0. The summed E-state index contributed by atoms with van der Waals surface area (Å²) < 4.78 is 5.37. The number of anilines is 1. The van der Waals surface area contributed by atoms with Gasteiger partial charge in [-0.25, -0.2) is 0 Å². The van der Waals surface area contributed by atoms with Crippen LogP contribution in [0, 0.1) is 0 Å². The highest BCUT2D eigenvalue weighted by atomic mass is 16.5. The molecule has 0 unspecified atom stereocenters. The van der Waals surface area contributed by atoms with Crippen LogP contribution in [0.4, 0.5) is 5.69 Å². The summed E-state index contributed by atoms with van der Waals surface area (Å²) in [4.78, 5) is 25.0. The molecule has 2 aliphatic rings. The average molecular weight is 428 g/mol. The molecule has 1 saturated carbocycles. The van der Waals surface area contributed by atoms with E-state index in [4.69, 9.17) is 4.52 Å². The number of para-hydroxylation sites is 1. The van der Waals surface area contributed by atoms with Gasteiger partial charge in [0.15, 0.2) is 0 Å². The zero-order valence-corrected chi connectivity index (χ0v) is 17.8. The summed E-state index contributed by atoms with van der Waals surface area (Å²) in [6.45, 7) is 3.12. The third-order valence-electron chi connectivity index (χ3n) is 6.51. The molecular weight excluding hydrogens is 402 g/mol. The molecule has 32 heavy (non-hydrogen) atoms. The molecule has 0 spiro atoms. The topological polar surface area (TPSA) is 78.3 Å². The maximum atomic E-state index is 12.9. The number of amides is 1. The summed E-state index contributed by atoms with van der Waals surface area (Å²) in [7, 11) is 0. The van der Waals surface area contributed by atoms with Crippen LogP contribution in [-0.4, -0.2) is 52.1 Å². The van der Waals surface area contributed by atoms with E-state index in [-0.39, 0.29) is 5.91 Å². The lowest BCUT2D eigenvalue weighted by Crippen LogP contribution is -2.49. The number of carbonyl (C=O) groups excluding carboxylic acids is 1. The Morgan fingerprint density at radius 3 is 2.59 bits per heavy atom. The monoisotopic (exact) mass is 427 g/mol. The van der Waals surface area contributed by atoms with Crippen molar-refractivity contribution in [3.63, 3.8) is 0 Å². The van der Waals surface area contributed by atoms with Gasteiger partial charge in [-0.05, 0) is 48.7 Å². The molecule has 1 aliphatic carbocycles. The first kappa shape index (κ1) is 19.1. The fourth-order valence-electron chi connectivity index (χ4n) is 4.44. The highest BCUT2D eigenvalue weighted by Gasteiger charge is 2.30. The lowest BCUT2D eigenvalue weighted by Gasteiger charge is -2.36. The lowest BCUT2D eigenvalue weighted by molar-refractivity contribution is -0.130. The quantitative estimate of drug-likeness (QED) is 0.521. The number of hydrogen-bond acceptors (Lipinski definition) is 5. The van der Waals surface area contributed by atoms with Gasteiger partial charge in [0.25, 0.3) is 0 Å². The Balaban J connectivity index is 1.07. The smallest absolute Gasteiger partial charge is 0.230 e. The van der Waals surface area contributed by atoms with Gasteiger partial charge in [0.1, 0.15) is 0 Å². The molecule has 0 radical (unpaired) electrons. The zero-order chi connectivity index (χ0) is 21.5. The number of rotatable bonds is 5. The fourth-order valence-corrected chi connectivity index (χ4v) is 4.44. The molecule has 0 bridgehead atoms. The van der Waals surface area contributed by atoms with Crippen LogP contribution in [0.15, 0.2) is 59.3 Å². The van der Waals surface area contributed by atoms with Crippen molar-refractivity contribution in [1.82, 2.24) is 20.0 Å². The van der Waals surface area contributed by atoms with Crippen LogP contribution in [0.25, 0.3) is 22.3 Å². The summed E-state index contributed by atoms with van der Waals surface area (Å²) in [6, 6.07) is 16.4. The normalized spacial score (nSPS) is 16.6. The first-order valence-electron chi connectivity index (χ1n) is 11.3. The van der Waals surface area contributed by atoms with E-state index in [0.29, 0.717) is 18.2 Å². The van der Waals surface area contributed by atoms with E-state index in [1.165, 1.54) is 0 Å². The number of benzene rings is 2. The summed E-state index contributed by atoms with van der Waals surface area (Å²) in [5.41, 5.74) is 4.27. The van der Waals surface area contributed by atoms with E-state index in [0.717, 1.165) is 72.6 Å². The van der Waals surface area contributed by atoms with Crippen LogP contribution in [0.2, 0.25) is 0 Å². The number of H-pyrrole nitrogens is 1. The van der Waals surface area contributed by atoms with Gasteiger partial charge < -0.3 is 19.3 Å². The van der Waals surface area contributed by atoms with Crippen molar-refractivity contribution in [2.45, 2.75) is 25.2 Å². The number of piperazine rings is 1. The fraction of sp³-hybridized carbons (Fsp3) is 0.320. The first-order chi connectivity index (χ1) is 15.7. The first-order valence-corrected chi connectivity index (χ1v) is 11.3. The van der Waals surface area contributed by atoms with Crippen molar-refractivity contribution in [3.05, 3.63) is 66.2 Å². The van der Waals surface area contributed by atoms with E-state index in [1.54, 1.807) is 0 Å². The lowest BCUT2D eigenvalue weighted by atomic mass is 10.1. The molecule has 1 N–H and O–H groups in total. The summed E-state index contributed by atoms with van der Waals surface area (Å²) in [6.07, 6.45) is 4.69. The van der Waals surface area contributed by atoms with Crippen LogP contribution < -0.4 is 4.90 Å².